The first kappa shape index (κ1) is 30.4. The van der Waals surface area contributed by atoms with Gasteiger partial charge in [-0.3, -0.25) is 0 Å². The highest BCUT2D eigenvalue weighted by Crippen LogP contribution is 2.07. The first-order chi connectivity index (χ1) is 16.4. The van der Waals surface area contributed by atoms with E-state index in [4.69, 9.17) is 0 Å². The van der Waals surface area contributed by atoms with Gasteiger partial charge in [0.05, 0.1) is 0 Å². The third kappa shape index (κ3) is 19.1. The summed E-state index contributed by atoms with van der Waals surface area (Å²) in [6, 6.07) is 30.5. The van der Waals surface area contributed by atoms with E-state index >= 15 is 0 Å². The van der Waals surface area contributed by atoms with Crippen LogP contribution in [0.15, 0.2) is 135 Å². The van der Waals surface area contributed by atoms with E-state index in [2.05, 4.69) is 76.6 Å². The molecule has 0 atom stereocenters. The zero-order valence-electron chi connectivity index (χ0n) is 21.4. The number of hydrogen-bond acceptors (Lipinski definition) is 0. The maximum Gasteiger partial charge on any atom is -0.0260 e. The van der Waals surface area contributed by atoms with Gasteiger partial charge in [-0.05, 0) is 42.4 Å². The number of benzene rings is 3. The van der Waals surface area contributed by atoms with Crippen LogP contribution < -0.4 is 0 Å². The summed E-state index contributed by atoms with van der Waals surface area (Å²) >= 11 is 0. The molecule has 0 aromatic heterocycles. The van der Waals surface area contributed by atoms with E-state index in [-0.39, 0.29) is 0 Å². The Labute approximate surface area is 209 Å². The summed E-state index contributed by atoms with van der Waals surface area (Å²) in [5.74, 6) is 0.806. The molecule has 0 aliphatic carbocycles. The fraction of sp³-hybridized carbons (Fsp3) is 0.176. The Kier molecular flexibility index (Phi) is 18.9. The zero-order valence-corrected chi connectivity index (χ0v) is 21.4. The van der Waals surface area contributed by atoms with Gasteiger partial charge in [0.25, 0.3) is 0 Å². The van der Waals surface area contributed by atoms with E-state index in [1.165, 1.54) is 29.5 Å². The van der Waals surface area contributed by atoms with Crippen molar-refractivity contribution in [3.05, 3.63) is 152 Å². The quantitative estimate of drug-likeness (QED) is 0.314. The van der Waals surface area contributed by atoms with Crippen molar-refractivity contribution in [3.63, 3.8) is 0 Å². The van der Waals surface area contributed by atoms with Crippen molar-refractivity contribution in [3.8, 4) is 0 Å². The molecule has 0 saturated heterocycles. The molecule has 0 bridgehead atoms. The second-order valence-electron chi connectivity index (χ2n) is 8.06. The molecule has 0 amide bonds. The Balaban J connectivity index is 0.000000453. The van der Waals surface area contributed by atoms with Crippen LogP contribution in [0.5, 0.6) is 0 Å². The molecule has 0 spiro atoms. The van der Waals surface area contributed by atoms with Gasteiger partial charge < -0.3 is 0 Å². The van der Waals surface area contributed by atoms with Crippen LogP contribution in [0.4, 0.5) is 0 Å². The third-order valence-corrected chi connectivity index (χ3v) is 4.44. The van der Waals surface area contributed by atoms with Crippen molar-refractivity contribution in [2.45, 2.75) is 33.6 Å². The van der Waals surface area contributed by atoms with Crippen LogP contribution in [0, 0.1) is 5.92 Å². The predicted molar refractivity (Wildman–Crippen MR) is 158 cm³/mol. The molecule has 3 aromatic rings. The summed E-state index contributed by atoms with van der Waals surface area (Å²) in [5, 5.41) is 0. The molecule has 3 aromatic carbocycles. The second kappa shape index (κ2) is 21.2. The van der Waals surface area contributed by atoms with Crippen molar-refractivity contribution in [1.29, 1.82) is 0 Å². The molecule has 0 fully saturated rings. The van der Waals surface area contributed by atoms with Gasteiger partial charge in [-0.1, -0.05) is 167 Å². The molecule has 3 rings (SSSR count). The van der Waals surface area contributed by atoms with Crippen LogP contribution in [0.2, 0.25) is 0 Å². The Morgan fingerprint density at radius 1 is 0.676 bits per heavy atom. The van der Waals surface area contributed by atoms with Crippen LogP contribution in [0.25, 0.3) is 18.2 Å². The highest BCUT2D eigenvalue weighted by atomic mass is 14.0. The van der Waals surface area contributed by atoms with Crippen LogP contribution in [-0.4, -0.2) is 0 Å². The van der Waals surface area contributed by atoms with E-state index in [0.717, 1.165) is 11.5 Å². The Morgan fingerprint density at radius 3 is 1.29 bits per heavy atom. The molecule has 178 valence electrons. The average molecular weight is 451 g/mol. The fourth-order valence-corrected chi connectivity index (χ4v) is 2.39. The first-order valence-electron chi connectivity index (χ1n) is 11.8. The molecule has 0 aliphatic heterocycles. The van der Waals surface area contributed by atoms with Gasteiger partial charge in [0.2, 0.25) is 0 Å². The fourth-order valence-electron chi connectivity index (χ4n) is 2.39. The smallest absolute Gasteiger partial charge is 0.0260 e. The Bertz CT molecular complexity index is 886. The Morgan fingerprint density at radius 2 is 1.03 bits per heavy atom. The van der Waals surface area contributed by atoms with Gasteiger partial charge >= 0.3 is 0 Å². The third-order valence-electron chi connectivity index (χ3n) is 4.44. The van der Waals surface area contributed by atoms with Crippen molar-refractivity contribution in [2.24, 2.45) is 5.92 Å². The van der Waals surface area contributed by atoms with Crippen molar-refractivity contribution < 1.29 is 0 Å². The van der Waals surface area contributed by atoms with E-state index < -0.39 is 0 Å². The minimum atomic E-state index is 0.806. The van der Waals surface area contributed by atoms with Crippen LogP contribution >= 0.6 is 0 Å². The number of allylic oxidation sites excluding steroid dienone is 3. The van der Waals surface area contributed by atoms with Crippen LogP contribution in [-0.2, 0) is 0 Å². The highest BCUT2D eigenvalue weighted by Gasteiger charge is 1.89. The summed E-state index contributed by atoms with van der Waals surface area (Å²) in [7, 11) is 0. The number of rotatable bonds is 7. The van der Waals surface area contributed by atoms with Gasteiger partial charge in [0.1, 0.15) is 0 Å². The summed E-state index contributed by atoms with van der Waals surface area (Å²) in [6.45, 7) is 20.7. The van der Waals surface area contributed by atoms with Gasteiger partial charge in [-0.2, -0.15) is 0 Å². The topological polar surface area (TPSA) is 0 Å². The molecular weight excluding hydrogens is 408 g/mol. The van der Waals surface area contributed by atoms with E-state index in [9.17, 15) is 0 Å². The molecule has 0 N–H and O–H groups in total. The lowest BCUT2D eigenvalue weighted by Crippen LogP contribution is -1.83. The van der Waals surface area contributed by atoms with Crippen molar-refractivity contribution >= 4 is 18.2 Å². The summed E-state index contributed by atoms with van der Waals surface area (Å²) in [4.78, 5) is 0. The lowest BCUT2D eigenvalue weighted by molar-refractivity contribution is 0.595. The van der Waals surface area contributed by atoms with Gasteiger partial charge in [0, 0.05) is 0 Å². The molecule has 0 nitrogen and oxygen atoms in total. The second-order valence-corrected chi connectivity index (χ2v) is 8.06. The first-order valence-corrected chi connectivity index (χ1v) is 11.8. The summed E-state index contributed by atoms with van der Waals surface area (Å²) in [6.07, 6.45) is 12.3. The van der Waals surface area contributed by atoms with Gasteiger partial charge in [0.15, 0.2) is 0 Å². The van der Waals surface area contributed by atoms with Gasteiger partial charge in [-0.15, -0.1) is 0 Å². The average Bonchev–Trinajstić information content (AvgIpc) is 2.89. The van der Waals surface area contributed by atoms with Gasteiger partial charge in [-0.25, -0.2) is 0 Å². The number of hydrogen-bond donors (Lipinski definition) is 0. The molecule has 0 aliphatic rings. The molecule has 0 unspecified atom stereocenters. The largest absolute Gasteiger partial charge is 0.0988 e. The summed E-state index contributed by atoms with van der Waals surface area (Å²) < 4.78 is 0. The molecule has 34 heavy (non-hydrogen) atoms. The lowest BCUT2D eigenvalue weighted by Gasteiger charge is -1.98. The van der Waals surface area contributed by atoms with Crippen LogP contribution in [0.3, 0.4) is 0 Å². The predicted octanol–water partition coefficient (Wildman–Crippen LogP) is 10.5. The van der Waals surface area contributed by atoms with Crippen molar-refractivity contribution in [1.82, 2.24) is 0 Å². The van der Waals surface area contributed by atoms with Crippen LogP contribution in [0.1, 0.15) is 50.3 Å². The highest BCUT2D eigenvalue weighted by molar-refractivity contribution is 5.48. The summed E-state index contributed by atoms with van der Waals surface area (Å²) in [5.41, 5.74) is 4.66. The Hall–Kier alpha value is -3.64. The van der Waals surface area contributed by atoms with E-state index in [1.807, 2.05) is 85.8 Å². The SMILES string of the molecule is C=CC(=C)C.C=Cc1ccccc1.C=Cc1ccccc1.CC(C)CCC=Cc1ccccc1. The minimum absolute atomic E-state index is 0.806. The molecule has 0 heteroatoms. The zero-order chi connectivity index (χ0) is 25.4. The molecule has 0 heterocycles. The standard InChI is InChI=1S/C13H18.2C8H8.C5H8/c1-12(2)8-6-7-11-13-9-4-3-5-10-13;2*1-2-8-6-4-3-5-7-8;1-4-5(2)3/h3-5,7,9-12H,6,8H2,1-2H3;2*2-7H,1H2;4H,1-2H2,3H3. The normalized spacial score (nSPS) is 9.29. The lowest BCUT2D eigenvalue weighted by atomic mass is 10.1. The van der Waals surface area contributed by atoms with Crippen molar-refractivity contribution in [2.75, 3.05) is 0 Å². The molecular formula is C34H42. The molecule has 0 saturated carbocycles. The monoisotopic (exact) mass is 450 g/mol. The van der Waals surface area contributed by atoms with E-state index in [0.29, 0.717) is 0 Å². The maximum absolute atomic E-state index is 3.63. The molecule has 0 radical (unpaired) electrons. The minimum Gasteiger partial charge on any atom is -0.0988 e. The maximum atomic E-state index is 3.63. The van der Waals surface area contributed by atoms with E-state index in [1.54, 1.807) is 6.08 Å².